The molecule has 2 heterocycles. The Morgan fingerprint density at radius 1 is 1.56 bits per heavy atom. The molecule has 3 heteroatoms. The Balaban J connectivity index is 1.86. The number of aliphatic hydroxyl groups excluding tert-OH is 1. The second kappa shape index (κ2) is 6.94. The number of nitrogens with zero attached hydrogens (tertiary/aromatic N) is 1. The molecule has 0 saturated carbocycles. The standard InChI is InChI=1S/C15H21NOS/c1-2-13-6-7-16(10-13)11-15-9-14(12-18-15)5-3-4-8-17/h9,12-13,17H,2,4,6-8,10-11H2,1H3. The van der Waals surface area contributed by atoms with Crippen LogP contribution in [0.2, 0.25) is 0 Å². The topological polar surface area (TPSA) is 23.5 Å². The summed E-state index contributed by atoms with van der Waals surface area (Å²) in [6.07, 6.45) is 3.22. The van der Waals surface area contributed by atoms with E-state index in [1.807, 2.05) is 0 Å². The first-order valence-corrected chi connectivity index (χ1v) is 7.59. The van der Waals surface area contributed by atoms with Crippen molar-refractivity contribution in [3.63, 3.8) is 0 Å². The lowest BCUT2D eigenvalue weighted by molar-refractivity contribution is 0.305. The van der Waals surface area contributed by atoms with E-state index in [4.69, 9.17) is 5.11 Å². The maximum Gasteiger partial charge on any atom is 0.0540 e. The monoisotopic (exact) mass is 263 g/mol. The molecule has 0 aromatic carbocycles. The Morgan fingerprint density at radius 3 is 3.17 bits per heavy atom. The molecule has 1 aromatic rings. The molecule has 0 aliphatic carbocycles. The lowest BCUT2D eigenvalue weighted by Gasteiger charge is -2.13. The van der Waals surface area contributed by atoms with Crippen molar-refractivity contribution >= 4 is 11.3 Å². The Kier molecular flexibility index (Phi) is 5.25. The molecule has 1 aromatic heterocycles. The third-order valence-electron chi connectivity index (χ3n) is 3.45. The van der Waals surface area contributed by atoms with Gasteiger partial charge in [-0.3, -0.25) is 4.90 Å². The second-order valence-corrected chi connectivity index (χ2v) is 5.87. The fraction of sp³-hybridized carbons (Fsp3) is 0.600. The van der Waals surface area contributed by atoms with Gasteiger partial charge in [-0.25, -0.2) is 0 Å². The van der Waals surface area contributed by atoms with E-state index in [1.54, 1.807) is 11.3 Å². The molecular weight excluding hydrogens is 242 g/mol. The molecule has 0 bridgehead atoms. The Morgan fingerprint density at radius 2 is 2.44 bits per heavy atom. The predicted octanol–water partition coefficient (Wildman–Crippen LogP) is 2.71. The van der Waals surface area contributed by atoms with Crippen LogP contribution >= 0.6 is 11.3 Å². The maximum absolute atomic E-state index is 8.68. The zero-order valence-corrected chi connectivity index (χ0v) is 11.8. The van der Waals surface area contributed by atoms with Crippen LogP contribution < -0.4 is 0 Å². The highest BCUT2D eigenvalue weighted by atomic mass is 32.1. The van der Waals surface area contributed by atoms with Gasteiger partial charge in [0, 0.05) is 35.3 Å². The summed E-state index contributed by atoms with van der Waals surface area (Å²) in [6, 6.07) is 2.19. The molecule has 18 heavy (non-hydrogen) atoms. The van der Waals surface area contributed by atoms with E-state index in [0.29, 0.717) is 6.42 Å². The van der Waals surface area contributed by atoms with E-state index in [1.165, 1.54) is 30.8 Å². The number of aliphatic hydroxyl groups is 1. The molecule has 2 rings (SSSR count). The van der Waals surface area contributed by atoms with Gasteiger partial charge in [-0.15, -0.1) is 11.3 Å². The van der Waals surface area contributed by atoms with Gasteiger partial charge >= 0.3 is 0 Å². The van der Waals surface area contributed by atoms with Crippen molar-refractivity contribution in [3.05, 3.63) is 21.9 Å². The quantitative estimate of drug-likeness (QED) is 0.844. The fourth-order valence-electron chi connectivity index (χ4n) is 2.36. The Bertz CT molecular complexity index is 429. The SMILES string of the molecule is CCC1CCN(Cc2cc(C#CCCO)cs2)C1. The van der Waals surface area contributed by atoms with Crippen LogP contribution in [0.3, 0.4) is 0 Å². The van der Waals surface area contributed by atoms with Crippen molar-refractivity contribution in [1.82, 2.24) is 4.90 Å². The summed E-state index contributed by atoms with van der Waals surface area (Å²) < 4.78 is 0. The third kappa shape index (κ3) is 3.84. The van der Waals surface area contributed by atoms with Crippen LogP contribution in [0, 0.1) is 17.8 Å². The van der Waals surface area contributed by atoms with E-state index in [2.05, 4.69) is 35.1 Å². The minimum Gasteiger partial charge on any atom is -0.395 e. The number of rotatable bonds is 4. The van der Waals surface area contributed by atoms with Crippen molar-refractivity contribution < 1.29 is 5.11 Å². The first kappa shape index (κ1) is 13.6. The summed E-state index contributed by atoms with van der Waals surface area (Å²) in [5.41, 5.74) is 1.09. The summed E-state index contributed by atoms with van der Waals surface area (Å²) in [5, 5.41) is 10.8. The van der Waals surface area contributed by atoms with Crippen LogP contribution in [0.15, 0.2) is 11.4 Å². The first-order chi connectivity index (χ1) is 8.81. The summed E-state index contributed by atoms with van der Waals surface area (Å²) in [5.74, 6) is 6.96. The van der Waals surface area contributed by atoms with Crippen LogP contribution in [-0.2, 0) is 6.54 Å². The minimum atomic E-state index is 0.149. The first-order valence-electron chi connectivity index (χ1n) is 6.71. The summed E-state index contributed by atoms with van der Waals surface area (Å²) in [7, 11) is 0. The number of thiophene rings is 1. The molecule has 1 N–H and O–H groups in total. The van der Waals surface area contributed by atoms with Crippen LogP contribution in [-0.4, -0.2) is 29.7 Å². The van der Waals surface area contributed by atoms with E-state index in [9.17, 15) is 0 Å². The van der Waals surface area contributed by atoms with Gasteiger partial charge in [0.1, 0.15) is 0 Å². The Labute approximate surface area is 114 Å². The normalized spacial score (nSPS) is 19.8. The minimum absolute atomic E-state index is 0.149. The smallest absolute Gasteiger partial charge is 0.0540 e. The molecule has 1 saturated heterocycles. The van der Waals surface area contributed by atoms with Gasteiger partial charge in [0.15, 0.2) is 0 Å². The average Bonchev–Trinajstić information content (AvgIpc) is 3.00. The maximum atomic E-state index is 8.68. The molecule has 1 aliphatic rings. The van der Waals surface area contributed by atoms with Crippen molar-refractivity contribution in [2.75, 3.05) is 19.7 Å². The number of hydrogen-bond acceptors (Lipinski definition) is 3. The summed E-state index contributed by atoms with van der Waals surface area (Å²) in [6.45, 7) is 6.00. The van der Waals surface area contributed by atoms with Gasteiger partial charge in [-0.05, 0) is 24.9 Å². The zero-order valence-electron chi connectivity index (χ0n) is 11.0. The zero-order chi connectivity index (χ0) is 12.8. The van der Waals surface area contributed by atoms with Gasteiger partial charge in [0.25, 0.3) is 0 Å². The van der Waals surface area contributed by atoms with Gasteiger partial charge in [0.05, 0.1) is 6.61 Å². The molecule has 1 atom stereocenters. The van der Waals surface area contributed by atoms with Gasteiger partial charge in [-0.2, -0.15) is 0 Å². The van der Waals surface area contributed by atoms with E-state index in [0.717, 1.165) is 18.0 Å². The van der Waals surface area contributed by atoms with Crippen LogP contribution in [0.4, 0.5) is 0 Å². The molecule has 98 valence electrons. The summed E-state index contributed by atoms with van der Waals surface area (Å²) in [4.78, 5) is 3.95. The van der Waals surface area contributed by atoms with Crippen molar-refractivity contribution in [3.8, 4) is 11.8 Å². The third-order valence-corrected chi connectivity index (χ3v) is 4.37. The van der Waals surface area contributed by atoms with Gasteiger partial charge in [0.2, 0.25) is 0 Å². The van der Waals surface area contributed by atoms with Crippen LogP contribution in [0.5, 0.6) is 0 Å². The average molecular weight is 263 g/mol. The molecule has 1 aliphatic heterocycles. The highest BCUT2D eigenvalue weighted by molar-refractivity contribution is 7.10. The van der Waals surface area contributed by atoms with Crippen molar-refractivity contribution in [2.24, 2.45) is 5.92 Å². The van der Waals surface area contributed by atoms with E-state index in [-0.39, 0.29) is 6.61 Å². The highest BCUT2D eigenvalue weighted by Crippen LogP contribution is 2.23. The second-order valence-electron chi connectivity index (χ2n) is 4.88. The van der Waals surface area contributed by atoms with Crippen molar-refractivity contribution in [2.45, 2.75) is 32.7 Å². The van der Waals surface area contributed by atoms with E-state index >= 15 is 0 Å². The Hall–Kier alpha value is -0.820. The van der Waals surface area contributed by atoms with Gasteiger partial charge < -0.3 is 5.11 Å². The van der Waals surface area contributed by atoms with Gasteiger partial charge in [-0.1, -0.05) is 25.2 Å². The fourth-order valence-corrected chi connectivity index (χ4v) is 3.22. The molecule has 1 unspecified atom stereocenters. The van der Waals surface area contributed by atoms with E-state index < -0.39 is 0 Å². The number of hydrogen-bond donors (Lipinski definition) is 1. The van der Waals surface area contributed by atoms with Crippen LogP contribution in [0.25, 0.3) is 0 Å². The van der Waals surface area contributed by atoms with Crippen LogP contribution in [0.1, 0.15) is 36.6 Å². The largest absolute Gasteiger partial charge is 0.395 e. The number of likely N-dealkylation sites (tertiary alicyclic amines) is 1. The predicted molar refractivity (Wildman–Crippen MR) is 76.6 cm³/mol. The molecular formula is C15H21NOS. The molecule has 0 spiro atoms. The molecule has 0 amide bonds. The lowest BCUT2D eigenvalue weighted by Crippen LogP contribution is -2.19. The molecule has 0 radical (unpaired) electrons. The highest BCUT2D eigenvalue weighted by Gasteiger charge is 2.20. The molecule has 2 nitrogen and oxygen atoms in total. The molecule has 1 fully saturated rings. The van der Waals surface area contributed by atoms with Crippen molar-refractivity contribution in [1.29, 1.82) is 0 Å². The summed E-state index contributed by atoms with van der Waals surface area (Å²) >= 11 is 1.80. The lowest BCUT2D eigenvalue weighted by atomic mass is 10.1.